The monoisotopic (exact) mass is 410 g/mol. The van der Waals surface area contributed by atoms with Gasteiger partial charge in [0.2, 0.25) is 0 Å². The number of aromatic nitrogens is 1. The molecular formula is C19H21F3N4O3. The largest absolute Gasteiger partial charge is 0.418 e. The molecule has 0 radical (unpaired) electrons. The molecule has 2 amide bonds. The molecule has 0 aliphatic carbocycles. The van der Waals surface area contributed by atoms with E-state index in [4.69, 9.17) is 4.74 Å². The van der Waals surface area contributed by atoms with Gasteiger partial charge in [0, 0.05) is 30.6 Å². The molecule has 10 heteroatoms. The molecule has 0 fully saturated rings. The van der Waals surface area contributed by atoms with E-state index in [0.717, 1.165) is 6.07 Å². The van der Waals surface area contributed by atoms with E-state index in [-0.39, 0.29) is 18.8 Å². The van der Waals surface area contributed by atoms with Gasteiger partial charge < -0.3 is 14.6 Å². The summed E-state index contributed by atoms with van der Waals surface area (Å²) in [4.78, 5) is 23.2. The molecule has 29 heavy (non-hydrogen) atoms. The maximum atomic E-state index is 13.3. The van der Waals surface area contributed by atoms with Crippen LogP contribution in [0.3, 0.4) is 0 Å². The topological polar surface area (TPSA) is 84.7 Å². The Labute approximate surface area is 165 Å². The summed E-state index contributed by atoms with van der Waals surface area (Å²) in [6, 6.07) is 6.90. The number of rotatable bonds is 6. The van der Waals surface area contributed by atoms with E-state index in [2.05, 4.69) is 15.8 Å². The molecule has 1 heterocycles. The number of nitrogens with one attached hydrogen (secondary N) is 2. The molecule has 0 unspecified atom stereocenters. The fourth-order valence-corrected chi connectivity index (χ4v) is 2.76. The Morgan fingerprint density at radius 2 is 1.90 bits per heavy atom. The minimum Gasteiger partial charge on any atom is -0.383 e. The summed E-state index contributed by atoms with van der Waals surface area (Å²) in [5.74, 6) is -1.84. The van der Waals surface area contributed by atoms with Crippen molar-refractivity contribution in [2.45, 2.75) is 20.0 Å². The Kier molecular flexibility index (Phi) is 7.16. The normalized spacial score (nSPS) is 11.7. The van der Waals surface area contributed by atoms with Gasteiger partial charge >= 0.3 is 18.0 Å². The van der Waals surface area contributed by atoms with E-state index in [1.807, 2.05) is 0 Å². The number of hydrazone groups is 1. The van der Waals surface area contributed by atoms with E-state index in [0.29, 0.717) is 17.0 Å². The van der Waals surface area contributed by atoms with Gasteiger partial charge in [-0.05, 0) is 32.0 Å². The minimum absolute atomic E-state index is 0.00351. The van der Waals surface area contributed by atoms with Crippen LogP contribution in [0.15, 0.2) is 35.4 Å². The molecule has 0 atom stereocenters. The summed E-state index contributed by atoms with van der Waals surface area (Å²) in [5.41, 5.74) is 2.88. The second-order valence-electron chi connectivity index (χ2n) is 6.12. The Morgan fingerprint density at radius 3 is 2.55 bits per heavy atom. The highest BCUT2D eigenvalue weighted by atomic mass is 19.4. The first-order valence-electron chi connectivity index (χ1n) is 8.62. The van der Waals surface area contributed by atoms with Crippen molar-refractivity contribution in [1.82, 2.24) is 15.3 Å². The van der Waals surface area contributed by atoms with Gasteiger partial charge in [-0.2, -0.15) is 18.3 Å². The highest BCUT2D eigenvalue weighted by molar-refractivity contribution is 6.35. The molecule has 2 aromatic rings. The summed E-state index contributed by atoms with van der Waals surface area (Å²) in [5, 5.41) is 6.06. The molecular weight excluding hydrogens is 389 g/mol. The third-order valence-electron chi connectivity index (χ3n) is 4.09. The molecule has 7 nitrogen and oxygen atoms in total. The fourth-order valence-electron chi connectivity index (χ4n) is 2.76. The smallest absolute Gasteiger partial charge is 0.383 e. The average molecular weight is 410 g/mol. The van der Waals surface area contributed by atoms with Crippen LogP contribution < -0.4 is 10.7 Å². The second kappa shape index (κ2) is 9.37. The number of para-hydroxylation sites is 1. The Bertz CT molecular complexity index is 920. The number of methoxy groups -OCH3 is 1. The number of carbonyl (C=O) groups is 2. The number of hydrogen-bond acceptors (Lipinski definition) is 4. The van der Waals surface area contributed by atoms with Gasteiger partial charge in [-0.15, -0.1) is 0 Å². The fraction of sp³-hybridized carbons (Fsp3) is 0.316. The summed E-state index contributed by atoms with van der Waals surface area (Å²) in [6.07, 6.45) is -3.23. The zero-order chi connectivity index (χ0) is 21.6. The molecule has 0 saturated heterocycles. The standard InChI is InChI=1S/C19H21F3N4O3/c1-12-10-14(11-24-25-18(28)17(27)23-8-9-29-3)13(2)26(12)16-7-5-4-6-15(16)19(20,21)22/h4-7,10-11H,8-9H2,1-3H3,(H,23,27)(H,25,28)/b24-11-. The van der Waals surface area contributed by atoms with E-state index in [9.17, 15) is 22.8 Å². The van der Waals surface area contributed by atoms with Crippen LogP contribution in [0, 0.1) is 13.8 Å². The summed E-state index contributed by atoms with van der Waals surface area (Å²) < 4.78 is 46.3. The number of ether oxygens (including phenoxy) is 1. The van der Waals surface area contributed by atoms with Crippen molar-refractivity contribution in [2.24, 2.45) is 5.10 Å². The van der Waals surface area contributed by atoms with Gasteiger partial charge in [-0.1, -0.05) is 12.1 Å². The second-order valence-corrected chi connectivity index (χ2v) is 6.12. The van der Waals surface area contributed by atoms with E-state index >= 15 is 0 Å². The maximum absolute atomic E-state index is 13.3. The first kappa shape index (κ1) is 22.2. The molecule has 2 rings (SSSR count). The van der Waals surface area contributed by atoms with Crippen LogP contribution in [-0.2, 0) is 20.5 Å². The van der Waals surface area contributed by atoms with Gasteiger partial charge in [0.25, 0.3) is 0 Å². The first-order valence-corrected chi connectivity index (χ1v) is 8.62. The molecule has 0 bridgehead atoms. The number of benzene rings is 1. The molecule has 156 valence electrons. The molecule has 0 saturated carbocycles. The van der Waals surface area contributed by atoms with Gasteiger partial charge in [0.05, 0.1) is 24.1 Å². The summed E-state index contributed by atoms with van der Waals surface area (Å²) in [7, 11) is 1.46. The zero-order valence-electron chi connectivity index (χ0n) is 16.1. The predicted octanol–water partition coefficient (Wildman–Crippen LogP) is 2.33. The van der Waals surface area contributed by atoms with Gasteiger partial charge in [-0.3, -0.25) is 9.59 Å². The lowest BCUT2D eigenvalue weighted by Crippen LogP contribution is -2.39. The highest BCUT2D eigenvalue weighted by Crippen LogP contribution is 2.35. The Morgan fingerprint density at radius 1 is 1.21 bits per heavy atom. The van der Waals surface area contributed by atoms with Crippen LogP contribution in [0.1, 0.15) is 22.5 Å². The number of amides is 2. The maximum Gasteiger partial charge on any atom is 0.418 e. The van der Waals surface area contributed by atoms with Gasteiger partial charge in [-0.25, -0.2) is 5.43 Å². The molecule has 1 aromatic carbocycles. The SMILES string of the molecule is COCCNC(=O)C(=O)N/N=C\c1cc(C)n(-c2ccccc2C(F)(F)F)c1C. The third kappa shape index (κ3) is 5.44. The Hall–Kier alpha value is -3.14. The van der Waals surface area contributed by atoms with Crippen LogP contribution in [-0.4, -0.2) is 42.9 Å². The molecule has 1 aromatic heterocycles. The quantitative estimate of drug-likeness (QED) is 0.332. The number of carbonyl (C=O) groups excluding carboxylic acids is 2. The van der Waals surface area contributed by atoms with Crippen LogP contribution >= 0.6 is 0 Å². The minimum atomic E-state index is -4.50. The Balaban J connectivity index is 2.20. The number of aryl methyl sites for hydroxylation is 1. The first-order chi connectivity index (χ1) is 13.7. The zero-order valence-corrected chi connectivity index (χ0v) is 16.1. The van der Waals surface area contributed by atoms with E-state index in [1.54, 1.807) is 19.9 Å². The lowest BCUT2D eigenvalue weighted by molar-refractivity contribution is -0.139. The number of nitrogens with zero attached hydrogens (tertiary/aromatic N) is 2. The van der Waals surface area contributed by atoms with E-state index in [1.165, 1.54) is 36.1 Å². The van der Waals surface area contributed by atoms with Crippen molar-refractivity contribution in [1.29, 1.82) is 0 Å². The third-order valence-corrected chi connectivity index (χ3v) is 4.09. The van der Waals surface area contributed by atoms with Crippen molar-refractivity contribution in [3.8, 4) is 5.69 Å². The number of halogens is 3. The predicted molar refractivity (Wildman–Crippen MR) is 101 cm³/mol. The summed E-state index contributed by atoms with van der Waals surface area (Å²) >= 11 is 0. The van der Waals surface area contributed by atoms with Crippen LogP contribution in [0.4, 0.5) is 13.2 Å². The molecule has 0 aliphatic rings. The lowest BCUT2D eigenvalue weighted by atomic mass is 10.1. The van der Waals surface area contributed by atoms with Crippen molar-refractivity contribution >= 4 is 18.0 Å². The number of alkyl halides is 3. The van der Waals surface area contributed by atoms with Crippen LogP contribution in [0.25, 0.3) is 5.69 Å². The number of hydrogen-bond donors (Lipinski definition) is 2. The highest BCUT2D eigenvalue weighted by Gasteiger charge is 2.34. The molecule has 0 aliphatic heterocycles. The van der Waals surface area contributed by atoms with Crippen molar-refractivity contribution in [2.75, 3.05) is 20.3 Å². The van der Waals surface area contributed by atoms with E-state index < -0.39 is 23.6 Å². The molecule has 0 spiro atoms. The van der Waals surface area contributed by atoms with Crippen LogP contribution in [0.2, 0.25) is 0 Å². The van der Waals surface area contributed by atoms with Gasteiger partial charge in [0.1, 0.15) is 0 Å². The van der Waals surface area contributed by atoms with Crippen molar-refractivity contribution in [3.05, 3.63) is 52.8 Å². The van der Waals surface area contributed by atoms with Crippen molar-refractivity contribution in [3.63, 3.8) is 0 Å². The summed E-state index contributed by atoms with van der Waals surface area (Å²) in [6.45, 7) is 3.74. The molecule has 2 N–H and O–H groups in total. The average Bonchev–Trinajstić information content (AvgIpc) is 2.94. The van der Waals surface area contributed by atoms with Crippen molar-refractivity contribution < 1.29 is 27.5 Å². The van der Waals surface area contributed by atoms with Gasteiger partial charge in [0.15, 0.2) is 0 Å². The van der Waals surface area contributed by atoms with Crippen LogP contribution in [0.5, 0.6) is 0 Å². The lowest BCUT2D eigenvalue weighted by Gasteiger charge is -2.16.